The standard InChI is InChI=1S/C14H15BrN2O/c15-13-5-6-14(17-8-13)9-16-7-11-1-3-12(10-18)4-2-11/h1-6,8,16,18H,7,9-10H2. The van der Waals surface area contributed by atoms with Crippen molar-refractivity contribution in [1.82, 2.24) is 10.3 Å². The smallest absolute Gasteiger partial charge is 0.0681 e. The van der Waals surface area contributed by atoms with Crippen molar-refractivity contribution in [3.8, 4) is 0 Å². The van der Waals surface area contributed by atoms with Gasteiger partial charge in [0.05, 0.1) is 12.3 Å². The molecule has 1 heterocycles. The molecule has 3 nitrogen and oxygen atoms in total. The Balaban J connectivity index is 1.82. The monoisotopic (exact) mass is 306 g/mol. The third kappa shape index (κ3) is 3.91. The van der Waals surface area contributed by atoms with Crippen LogP contribution in [0.5, 0.6) is 0 Å². The minimum Gasteiger partial charge on any atom is -0.392 e. The summed E-state index contributed by atoms with van der Waals surface area (Å²) < 4.78 is 0.992. The number of aromatic nitrogens is 1. The van der Waals surface area contributed by atoms with Gasteiger partial charge in [0.1, 0.15) is 0 Å². The number of rotatable bonds is 5. The molecular formula is C14H15BrN2O. The fraction of sp³-hybridized carbons (Fsp3) is 0.214. The second-order valence-corrected chi connectivity index (χ2v) is 4.96. The Hall–Kier alpha value is -1.23. The van der Waals surface area contributed by atoms with E-state index in [1.165, 1.54) is 5.56 Å². The summed E-state index contributed by atoms with van der Waals surface area (Å²) in [6.45, 7) is 1.63. The lowest BCUT2D eigenvalue weighted by atomic mass is 10.1. The van der Waals surface area contributed by atoms with Crippen molar-refractivity contribution >= 4 is 15.9 Å². The Morgan fingerprint density at radius 3 is 2.33 bits per heavy atom. The molecule has 0 fully saturated rings. The Bertz CT molecular complexity index is 482. The van der Waals surface area contributed by atoms with Crippen molar-refractivity contribution < 1.29 is 5.11 Å². The molecule has 94 valence electrons. The highest BCUT2D eigenvalue weighted by atomic mass is 79.9. The fourth-order valence-electron chi connectivity index (χ4n) is 1.61. The lowest BCUT2D eigenvalue weighted by Crippen LogP contribution is -2.13. The molecule has 0 aliphatic rings. The van der Waals surface area contributed by atoms with Crippen LogP contribution in [-0.4, -0.2) is 10.1 Å². The van der Waals surface area contributed by atoms with Gasteiger partial charge < -0.3 is 10.4 Å². The SMILES string of the molecule is OCc1ccc(CNCc2ccc(Br)cn2)cc1. The van der Waals surface area contributed by atoms with Gasteiger partial charge in [-0.25, -0.2) is 0 Å². The Labute approximate surface area is 115 Å². The van der Waals surface area contributed by atoms with Gasteiger partial charge in [0, 0.05) is 23.8 Å². The maximum absolute atomic E-state index is 8.95. The first-order valence-corrected chi connectivity index (χ1v) is 6.57. The summed E-state index contributed by atoms with van der Waals surface area (Å²) >= 11 is 3.36. The van der Waals surface area contributed by atoms with Gasteiger partial charge in [-0.15, -0.1) is 0 Å². The van der Waals surface area contributed by atoms with Crippen molar-refractivity contribution in [3.63, 3.8) is 0 Å². The van der Waals surface area contributed by atoms with Crippen LogP contribution in [-0.2, 0) is 19.7 Å². The van der Waals surface area contributed by atoms with Crippen LogP contribution in [0.1, 0.15) is 16.8 Å². The molecule has 0 saturated heterocycles. The van der Waals surface area contributed by atoms with Crippen LogP contribution in [0.15, 0.2) is 47.1 Å². The van der Waals surface area contributed by atoms with Crippen molar-refractivity contribution in [2.75, 3.05) is 0 Å². The van der Waals surface area contributed by atoms with Gasteiger partial charge in [0.2, 0.25) is 0 Å². The maximum Gasteiger partial charge on any atom is 0.0681 e. The van der Waals surface area contributed by atoms with Crippen LogP contribution in [0.25, 0.3) is 0 Å². The maximum atomic E-state index is 8.95. The second-order valence-electron chi connectivity index (χ2n) is 4.05. The molecule has 0 aliphatic heterocycles. The van der Waals surface area contributed by atoms with Crippen LogP contribution in [0.3, 0.4) is 0 Å². The molecule has 1 aromatic carbocycles. The summed E-state index contributed by atoms with van der Waals surface area (Å²) in [6, 6.07) is 11.9. The van der Waals surface area contributed by atoms with E-state index in [1.807, 2.05) is 36.4 Å². The first kappa shape index (κ1) is 13.2. The van der Waals surface area contributed by atoms with Crippen LogP contribution >= 0.6 is 15.9 Å². The molecule has 0 spiro atoms. The Kier molecular flexibility index (Phi) is 4.87. The quantitative estimate of drug-likeness (QED) is 0.892. The molecule has 18 heavy (non-hydrogen) atoms. The number of pyridine rings is 1. The topological polar surface area (TPSA) is 45.1 Å². The molecule has 0 bridgehead atoms. The normalized spacial score (nSPS) is 10.6. The molecule has 2 aromatic rings. The minimum absolute atomic E-state index is 0.0938. The zero-order valence-corrected chi connectivity index (χ0v) is 11.5. The van der Waals surface area contributed by atoms with E-state index in [0.717, 1.165) is 28.8 Å². The first-order valence-electron chi connectivity index (χ1n) is 5.78. The van der Waals surface area contributed by atoms with Gasteiger partial charge in [-0.05, 0) is 39.2 Å². The highest BCUT2D eigenvalue weighted by molar-refractivity contribution is 9.10. The van der Waals surface area contributed by atoms with Crippen molar-refractivity contribution in [1.29, 1.82) is 0 Å². The molecule has 0 unspecified atom stereocenters. The lowest BCUT2D eigenvalue weighted by molar-refractivity contribution is 0.282. The van der Waals surface area contributed by atoms with Crippen molar-refractivity contribution in [2.45, 2.75) is 19.7 Å². The highest BCUT2D eigenvalue weighted by Gasteiger charge is 1.96. The Morgan fingerprint density at radius 1 is 1.00 bits per heavy atom. The number of nitrogens with zero attached hydrogens (tertiary/aromatic N) is 1. The summed E-state index contributed by atoms with van der Waals surface area (Å²) in [5.74, 6) is 0. The number of benzene rings is 1. The van der Waals surface area contributed by atoms with Crippen LogP contribution in [0.2, 0.25) is 0 Å². The summed E-state index contributed by atoms with van der Waals surface area (Å²) in [6.07, 6.45) is 1.80. The molecule has 2 N–H and O–H groups in total. The minimum atomic E-state index is 0.0938. The average molecular weight is 307 g/mol. The zero-order valence-electron chi connectivity index (χ0n) is 9.94. The summed E-state index contributed by atoms with van der Waals surface area (Å²) in [7, 11) is 0. The van der Waals surface area contributed by atoms with E-state index in [2.05, 4.69) is 26.2 Å². The predicted molar refractivity (Wildman–Crippen MR) is 74.8 cm³/mol. The number of hydrogen-bond acceptors (Lipinski definition) is 3. The van der Waals surface area contributed by atoms with Gasteiger partial charge in [-0.2, -0.15) is 0 Å². The zero-order chi connectivity index (χ0) is 12.8. The van der Waals surface area contributed by atoms with Gasteiger partial charge in [-0.3, -0.25) is 4.98 Å². The van der Waals surface area contributed by atoms with Crippen LogP contribution < -0.4 is 5.32 Å². The van der Waals surface area contributed by atoms with E-state index in [9.17, 15) is 0 Å². The van der Waals surface area contributed by atoms with Crippen LogP contribution in [0.4, 0.5) is 0 Å². The largest absolute Gasteiger partial charge is 0.392 e. The van der Waals surface area contributed by atoms with Gasteiger partial charge in [-0.1, -0.05) is 24.3 Å². The first-order chi connectivity index (χ1) is 8.78. The molecule has 2 rings (SSSR count). The van der Waals surface area contributed by atoms with E-state index in [0.29, 0.717) is 0 Å². The van der Waals surface area contributed by atoms with Crippen molar-refractivity contribution in [3.05, 3.63) is 63.9 Å². The van der Waals surface area contributed by atoms with E-state index in [4.69, 9.17) is 5.11 Å². The molecule has 0 aliphatic carbocycles. The second kappa shape index (κ2) is 6.64. The van der Waals surface area contributed by atoms with Gasteiger partial charge in [0.25, 0.3) is 0 Å². The van der Waals surface area contributed by atoms with Crippen LogP contribution in [0, 0.1) is 0 Å². The molecule has 1 aromatic heterocycles. The Morgan fingerprint density at radius 2 is 1.72 bits per heavy atom. The third-order valence-corrected chi connectivity index (χ3v) is 3.10. The van der Waals surface area contributed by atoms with Gasteiger partial charge in [0.15, 0.2) is 0 Å². The van der Waals surface area contributed by atoms with Crippen molar-refractivity contribution in [2.24, 2.45) is 0 Å². The predicted octanol–water partition coefficient (Wildman–Crippen LogP) is 2.63. The average Bonchev–Trinajstić information content (AvgIpc) is 2.42. The highest BCUT2D eigenvalue weighted by Crippen LogP contribution is 2.08. The molecule has 0 saturated carbocycles. The molecule has 0 atom stereocenters. The number of halogens is 1. The lowest BCUT2D eigenvalue weighted by Gasteiger charge is -2.05. The van der Waals surface area contributed by atoms with E-state index in [-0.39, 0.29) is 6.61 Å². The number of nitrogens with one attached hydrogen (secondary N) is 1. The molecule has 0 radical (unpaired) electrons. The molecular weight excluding hydrogens is 292 g/mol. The third-order valence-electron chi connectivity index (χ3n) is 2.63. The molecule has 4 heteroatoms. The summed E-state index contributed by atoms with van der Waals surface area (Å²) in [5.41, 5.74) is 3.16. The summed E-state index contributed by atoms with van der Waals surface area (Å²) in [5, 5.41) is 12.3. The number of hydrogen-bond donors (Lipinski definition) is 2. The summed E-state index contributed by atoms with van der Waals surface area (Å²) in [4.78, 5) is 4.29. The number of aliphatic hydroxyl groups excluding tert-OH is 1. The number of aliphatic hydroxyl groups is 1. The van der Waals surface area contributed by atoms with Gasteiger partial charge >= 0.3 is 0 Å². The van der Waals surface area contributed by atoms with E-state index < -0.39 is 0 Å². The molecule has 0 amide bonds. The van der Waals surface area contributed by atoms with E-state index >= 15 is 0 Å². The fourth-order valence-corrected chi connectivity index (χ4v) is 1.84. The van der Waals surface area contributed by atoms with E-state index in [1.54, 1.807) is 6.20 Å².